The van der Waals surface area contributed by atoms with Gasteiger partial charge in [-0.1, -0.05) is 73.7 Å². The normalized spacial score (nSPS) is 24.7. The van der Waals surface area contributed by atoms with Crippen LogP contribution in [0.5, 0.6) is 0 Å². The van der Waals surface area contributed by atoms with E-state index in [0.29, 0.717) is 12.5 Å². The molecule has 1 amide bonds. The fourth-order valence-electron chi connectivity index (χ4n) is 4.98. The summed E-state index contributed by atoms with van der Waals surface area (Å²) >= 11 is 0. The topological polar surface area (TPSA) is 43.8 Å². The Morgan fingerprint density at radius 3 is 2.33 bits per heavy atom. The highest BCUT2D eigenvalue weighted by molar-refractivity contribution is 5.76. The highest BCUT2D eigenvalue weighted by Crippen LogP contribution is 2.42. The predicted octanol–water partition coefficient (Wildman–Crippen LogP) is 4.02. The Hall–Kier alpha value is -2.43. The first-order chi connectivity index (χ1) is 14.7. The van der Waals surface area contributed by atoms with Gasteiger partial charge in [0.1, 0.15) is 0 Å². The van der Waals surface area contributed by atoms with E-state index in [1.165, 1.54) is 16.7 Å². The number of carbonyl (C=O) groups excluding carboxylic acids is 1. The molecule has 2 aromatic rings. The van der Waals surface area contributed by atoms with Crippen molar-refractivity contribution in [2.24, 2.45) is 0 Å². The van der Waals surface area contributed by atoms with Gasteiger partial charge in [-0.05, 0) is 36.1 Å². The summed E-state index contributed by atoms with van der Waals surface area (Å²) in [5.74, 6) is 0.511. The van der Waals surface area contributed by atoms with Crippen LogP contribution < -0.4 is 0 Å². The molecular formula is C26H32N2O2. The second-order valence-electron chi connectivity index (χ2n) is 8.39. The zero-order chi connectivity index (χ0) is 20.9. The lowest BCUT2D eigenvalue weighted by molar-refractivity contribution is -0.136. The van der Waals surface area contributed by atoms with Gasteiger partial charge in [0.2, 0.25) is 5.91 Å². The molecule has 0 bridgehead atoms. The molecule has 2 fully saturated rings. The van der Waals surface area contributed by atoms with Crippen LogP contribution in [0.25, 0.3) is 12.2 Å². The van der Waals surface area contributed by atoms with Gasteiger partial charge in [0.15, 0.2) is 0 Å². The van der Waals surface area contributed by atoms with E-state index in [-0.39, 0.29) is 24.5 Å². The smallest absolute Gasteiger partial charge is 0.222 e. The third-order valence-electron chi connectivity index (χ3n) is 6.61. The van der Waals surface area contributed by atoms with Crippen LogP contribution in [0.3, 0.4) is 0 Å². The summed E-state index contributed by atoms with van der Waals surface area (Å²) in [5, 5.41) is 10.1. The molecule has 0 radical (unpaired) electrons. The Bertz CT molecular complexity index is 862. The first-order valence-corrected chi connectivity index (χ1v) is 11.2. The number of amides is 1. The number of hydrogen-bond donors (Lipinski definition) is 1. The van der Waals surface area contributed by atoms with Crippen LogP contribution in [-0.4, -0.2) is 59.1 Å². The van der Waals surface area contributed by atoms with Crippen LogP contribution in [0.1, 0.15) is 48.8 Å². The number of nitrogens with zero attached hydrogens (tertiary/aromatic N) is 2. The van der Waals surface area contributed by atoms with Gasteiger partial charge in [-0.15, -0.1) is 0 Å². The molecule has 3 atom stereocenters. The maximum atomic E-state index is 12.4. The lowest BCUT2D eigenvalue weighted by atomic mass is 9.74. The minimum Gasteiger partial charge on any atom is -0.395 e. The summed E-state index contributed by atoms with van der Waals surface area (Å²) in [6.07, 6.45) is 6.94. The Morgan fingerprint density at radius 2 is 1.67 bits per heavy atom. The van der Waals surface area contributed by atoms with E-state index in [2.05, 4.69) is 53.5 Å². The summed E-state index contributed by atoms with van der Waals surface area (Å²) in [4.78, 5) is 16.8. The van der Waals surface area contributed by atoms with E-state index >= 15 is 0 Å². The first-order valence-electron chi connectivity index (χ1n) is 11.2. The molecule has 2 saturated heterocycles. The molecule has 4 nitrogen and oxygen atoms in total. The summed E-state index contributed by atoms with van der Waals surface area (Å²) in [7, 11) is 0. The van der Waals surface area contributed by atoms with E-state index in [1.54, 1.807) is 0 Å². The van der Waals surface area contributed by atoms with Gasteiger partial charge < -0.3 is 10.0 Å². The van der Waals surface area contributed by atoms with Gasteiger partial charge in [-0.2, -0.15) is 0 Å². The monoisotopic (exact) mass is 404 g/mol. The van der Waals surface area contributed by atoms with Gasteiger partial charge in [0, 0.05) is 37.5 Å². The molecule has 0 saturated carbocycles. The van der Waals surface area contributed by atoms with Crippen molar-refractivity contribution in [2.75, 3.05) is 26.2 Å². The fourth-order valence-corrected chi connectivity index (χ4v) is 4.98. The van der Waals surface area contributed by atoms with Crippen LogP contribution in [0.15, 0.2) is 54.6 Å². The zero-order valence-electron chi connectivity index (χ0n) is 17.8. The summed E-state index contributed by atoms with van der Waals surface area (Å²) in [6.45, 7) is 4.74. The van der Waals surface area contributed by atoms with Gasteiger partial charge in [-0.3, -0.25) is 9.69 Å². The molecule has 2 aliphatic heterocycles. The molecule has 1 N–H and O–H groups in total. The third kappa shape index (κ3) is 4.35. The second kappa shape index (κ2) is 9.59. The molecule has 2 aromatic carbocycles. The molecule has 0 unspecified atom stereocenters. The van der Waals surface area contributed by atoms with Crippen molar-refractivity contribution in [2.45, 2.75) is 44.2 Å². The van der Waals surface area contributed by atoms with Crippen LogP contribution >= 0.6 is 0 Å². The van der Waals surface area contributed by atoms with Crippen molar-refractivity contribution >= 4 is 18.1 Å². The fraction of sp³-hybridized carbons (Fsp3) is 0.423. The van der Waals surface area contributed by atoms with E-state index in [4.69, 9.17) is 0 Å². The van der Waals surface area contributed by atoms with Crippen LogP contribution in [0, 0.1) is 0 Å². The molecule has 0 spiro atoms. The average molecular weight is 405 g/mol. The van der Waals surface area contributed by atoms with Gasteiger partial charge >= 0.3 is 0 Å². The molecule has 4 rings (SSSR count). The van der Waals surface area contributed by atoms with Crippen molar-refractivity contribution in [1.29, 1.82) is 0 Å². The van der Waals surface area contributed by atoms with Crippen molar-refractivity contribution in [1.82, 2.24) is 9.80 Å². The molecule has 0 aliphatic carbocycles. The largest absolute Gasteiger partial charge is 0.395 e. The maximum Gasteiger partial charge on any atom is 0.222 e. The lowest BCUT2D eigenvalue weighted by Gasteiger charge is -2.57. The molecule has 2 heterocycles. The molecule has 0 aromatic heterocycles. The van der Waals surface area contributed by atoms with Gasteiger partial charge in [0.05, 0.1) is 6.61 Å². The second-order valence-corrected chi connectivity index (χ2v) is 8.39. The summed E-state index contributed by atoms with van der Waals surface area (Å²) < 4.78 is 0. The molecule has 30 heavy (non-hydrogen) atoms. The first kappa shape index (κ1) is 20.8. The number of aliphatic hydroxyl groups is 1. The quantitative estimate of drug-likeness (QED) is 0.766. The summed E-state index contributed by atoms with van der Waals surface area (Å²) in [5.41, 5.74) is 3.61. The van der Waals surface area contributed by atoms with Gasteiger partial charge in [-0.25, -0.2) is 0 Å². The minimum atomic E-state index is 0.150. The predicted molar refractivity (Wildman–Crippen MR) is 122 cm³/mol. The molecule has 4 heteroatoms. The number of hydrogen-bond acceptors (Lipinski definition) is 3. The Kier molecular flexibility index (Phi) is 6.66. The number of fused-ring (bicyclic) bond motifs is 1. The SMILES string of the molecule is CCC(=O)N1CCCCN2[C@H](CO)[C@@H](c3ccc(/C=C/c4ccccc4)cc3)[C@@H]2C1. The Morgan fingerprint density at radius 1 is 1.00 bits per heavy atom. The molecule has 2 aliphatic rings. The van der Waals surface area contributed by atoms with E-state index in [0.717, 1.165) is 32.5 Å². The number of aliphatic hydroxyl groups excluding tert-OH is 1. The molecular weight excluding hydrogens is 372 g/mol. The van der Waals surface area contributed by atoms with Crippen LogP contribution in [0.2, 0.25) is 0 Å². The lowest BCUT2D eigenvalue weighted by Crippen LogP contribution is -2.67. The van der Waals surface area contributed by atoms with Crippen molar-refractivity contribution in [3.05, 3.63) is 71.3 Å². The third-order valence-corrected chi connectivity index (χ3v) is 6.61. The van der Waals surface area contributed by atoms with E-state index in [1.807, 2.05) is 30.0 Å². The zero-order valence-corrected chi connectivity index (χ0v) is 17.8. The number of rotatable bonds is 5. The minimum absolute atomic E-state index is 0.150. The summed E-state index contributed by atoms with van der Waals surface area (Å²) in [6, 6.07) is 19.4. The number of carbonyl (C=O) groups is 1. The number of benzene rings is 2. The highest BCUT2D eigenvalue weighted by Gasteiger charge is 2.49. The van der Waals surface area contributed by atoms with Crippen molar-refractivity contribution in [3.8, 4) is 0 Å². The van der Waals surface area contributed by atoms with Crippen molar-refractivity contribution in [3.63, 3.8) is 0 Å². The van der Waals surface area contributed by atoms with Crippen LogP contribution in [0.4, 0.5) is 0 Å². The van der Waals surface area contributed by atoms with Crippen molar-refractivity contribution < 1.29 is 9.90 Å². The highest BCUT2D eigenvalue weighted by atomic mass is 16.3. The average Bonchev–Trinajstić information content (AvgIpc) is 2.77. The Labute approximate surface area is 179 Å². The van der Waals surface area contributed by atoms with E-state index < -0.39 is 0 Å². The van der Waals surface area contributed by atoms with E-state index in [9.17, 15) is 9.90 Å². The Balaban J connectivity index is 1.51. The standard InChI is InChI=1S/C26H32N2O2/c1-2-25(30)27-16-6-7-17-28-23(18-27)26(24(28)19-29)22-14-12-21(13-15-22)11-10-20-8-4-3-5-9-20/h3-5,8-15,23-24,26,29H,2,6-7,16-19H2,1H3/b11-10+/t23-,24+,26-/m0/s1. The maximum absolute atomic E-state index is 12.4. The van der Waals surface area contributed by atoms with Gasteiger partial charge in [0.25, 0.3) is 0 Å². The van der Waals surface area contributed by atoms with Crippen LogP contribution in [-0.2, 0) is 4.79 Å². The molecule has 158 valence electrons.